The lowest BCUT2D eigenvalue weighted by Gasteiger charge is -2.30. The number of hydrogen-bond acceptors (Lipinski definition) is 9. The highest BCUT2D eigenvalue weighted by molar-refractivity contribution is 7.99. The Morgan fingerprint density at radius 1 is 0.759 bits per heavy atom. The highest BCUT2D eigenvalue weighted by Crippen LogP contribution is 2.38. The first kappa shape index (κ1) is 38.4. The summed E-state index contributed by atoms with van der Waals surface area (Å²) < 4.78 is 9.43. The summed E-state index contributed by atoms with van der Waals surface area (Å²) >= 11 is 1.72. The Kier molecular flexibility index (Phi) is 11.9. The Morgan fingerprint density at radius 3 is 1.80 bits per heavy atom. The van der Waals surface area contributed by atoms with E-state index in [1.807, 2.05) is 37.1 Å². The third-order valence-corrected chi connectivity index (χ3v) is 11.3. The van der Waals surface area contributed by atoms with Gasteiger partial charge in [0, 0.05) is 18.3 Å². The number of likely N-dealkylation sites (tertiary alicyclic amines) is 2. The van der Waals surface area contributed by atoms with Crippen molar-refractivity contribution in [2.75, 3.05) is 33.6 Å². The second-order valence-corrected chi connectivity index (χ2v) is 15.2. The van der Waals surface area contributed by atoms with Crippen LogP contribution in [0.4, 0.5) is 9.59 Å². The Morgan fingerprint density at radius 2 is 1.28 bits per heavy atom. The van der Waals surface area contributed by atoms with Gasteiger partial charge in [-0.25, -0.2) is 19.6 Å². The fourth-order valence-electron chi connectivity index (χ4n) is 7.20. The third kappa shape index (κ3) is 8.25. The summed E-state index contributed by atoms with van der Waals surface area (Å²) in [5, 5.41) is 5.52. The predicted molar refractivity (Wildman–Crippen MR) is 206 cm³/mol. The van der Waals surface area contributed by atoms with Crippen LogP contribution < -0.4 is 10.6 Å². The van der Waals surface area contributed by atoms with E-state index in [1.165, 1.54) is 14.2 Å². The molecule has 4 amide bonds. The Bertz CT molecular complexity index is 1940. The number of amides is 4. The van der Waals surface area contributed by atoms with Gasteiger partial charge in [0.1, 0.15) is 23.7 Å². The monoisotopic (exact) mass is 756 g/mol. The Hall–Kier alpha value is -5.31. The Labute approximate surface area is 319 Å². The molecule has 0 aliphatic carbocycles. The van der Waals surface area contributed by atoms with Crippen molar-refractivity contribution in [3.05, 3.63) is 72.6 Å². The van der Waals surface area contributed by atoms with E-state index in [9.17, 15) is 19.2 Å². The molecular weight excluding hydrogens is 709 g/mol. The lowest BCUT2D eigenvalue weighted by Crippen LogP contribution is -2.51. The van der Waals surface area contributed by atoms with Crippen LogP contribution in [0.3, 0.4) is 0 Å². The topological polar surface area (TPSA) is 175 Å². The summed E-state index contributed by atoms with van der Waals surface area (Å²) in [6.45, 7) is 6.62. The summed E-state index contributed by atoms with van der Waals surface area (Å²) in [6.07, 6.45) is 6.76. The van der Waals surface area contributed by atoms with Crippen molar-refractivity contribution in [3.8, 4) is 33.6 Å². The highest BCUT2D eigenvalue weighted by atomic mass is 32.2. The van der Waals surface area contributed by atoms with Crippen LogP contribution >= 0.6 is 11.8 Å². The number of carbonyl (C=O) groups excluding carboxylic acids is 4. The van der Waals surface area contributed by atoms with Crippen LogP contribution in [-0.4, -0.2) is 105 Å². The van der Waals surface area contributed by atoms with E-state index in [1.54, 1.807) is 36.0 Å². The first-order chi connectivity index (χ1) is 26.0. The standard InChI is InChI=1S/C39H48N8O6S/c1-22(2)33(45-39(51)53-5)37(49)47-21-28(54-6)18-32(47)35-41-20-30(44-35)27-15-11-25(12-16-27)24-9-13-26(14-10-24)29-19-40-34(43-29)31-8-7-17-46(31)36(48)23(3)42-38(50)52-4/h9-16,19-20,22-23,28,31-33H,7-8,17-18,21H2,1-6H3,(H,40,43)(H,41,44)(H,42,50)(H,45,51). The van der Waals surface area contributed by atoms with E-state index in [2.05, 4.69) is 66.7 Å². The van der Waals surface area contributed by atoms with Crippen molar-refractivity contribution >= 4 is 35.8 Å². The lowest BCUT2D eigenvalue weighted by atomic mass is 10.0. The number of aromatic amines is 2. The molecule has 286 valence electrons. The molecule has 5 unspecified atom stereocenters. The second-order valence-electron chi connectivity index (χ2n) is 14.0. The predicted octanol–water partition coefficient (Wildman–Crippen LogP) is 5.93. The number of nitrogens with zero attached hydrogens (tertiary/aromatic N) is 4. The number of hydrogen-bond donors (Lipinski definition) is 4. The summed E-state index contributed by atoms with van der Waals surface area (Å²) in [4.78, 5) is 70.4. The first-order valence-electron chi connectivity index (χ1n) is 18.1. The highest BCUT2D eigenvalue weighted by Gasteiger charge is 2.41. The number of carbonyl (C=O) groups is 4. The summed E-state index contributed by atoms with van der Waals surface area (Å²) in [5.74, 6) is 0.994. The van der Waals surface area contributed by atoms with E-state index >= 15 is 0 Å². The zero-order chi connectivity index (χ0) is 38.5. The van der Waals surface area contributed by atoms with Crippen LogP contribution in [0.1, 0.15) is 63.8 Å². The zero-order valence-electron chi connectivity index (χ0n) is 31.4. The molecule has 14 nitrogen and oxygen atoms in total. The number of aromatic nitrogens is 4. The maximum Gasteiger partial charge on any atom is 0.407 e. The number of H-pyrrole nitrogens is 2. The average Bonchev–Trinajstić information content (AvgIpc) is 4.02. The number of benzene rings is 2. The number of rotatable bonds is 11. The van der Waals surface area contributed by atoms with Crippen LogP contribution in [0.25, 0.3) is 33.6 Å². The molecule has 4 N–H and O–H groups in total. The third-order valence-electron chi connectivity index (χ3n) is 10.2. The van der Waals surface area contributed by atoms with Crippen LogP contribution in [0.2, 0.25) is 0 Å². The zero-order valence-corrected chi connectivity index (χ0v) is 32.2. The summed E-state index contributed by atoms with van der Waals surface area (Å²) in [6, 6.07) is 14.6. The number of methoxy groups -OCH3 is 2. The molecule has 2 aliphatic heterocycles. The van der Waals surface area contributed by atoms with E-state index < -0.39 is 24.3 Å². The molecule has 2 aliphatic rings. The van der Waals surface area contributed by atoms with Gasteiger partial charge in [-0.05, 0) is 60.6 Å². The van der Waals surface area contributed by atoms with Gasteiger partial charge in [0.15, 0.2) is 0 Å². The number of nitrogens with one attached hydrogen (secondary N) is 4. The fourth-order valence-corrected chi connectivity index (χ4v) is 7.88. The van der Waals surface area contributed by atoms with Gasteiger partial charge in [-0.3, -0.25) is 9.59 Å². The maximum atomic E-state index is 13.8. The molecule has 2 aromatic carbocycles. The summed E-state index contributed by atoms with van der Waals surface area (Å²) in [7, 11) is 2.56. The van der Waals surface area contributed by atoms with Gasteiger partial charge in [-0.1, -0.05) is 62.4 Å². The number of ether oxygens (including phenoxy) is 2. The van der Waals surface area contributed by atoms with Crippen molar-refractivity contribution in [2.45, 2.75) is 69.5 Å². The normalized spacial score (nSPS) is 19.4. The molecule has 2 saturated heterocycles. The minimum Gasteiger partial charge on any atom is -0.453 e. The molecule has 2 fully saturated rings. The molecule has 6 rings (SSSR count). The Balaban J connectivity index is 1.12. The molecular formula is C39H48N8O6S. The van der Waals surface area contributed by atoms with E-state index in [-0.39, 0.29) is 35.1 Å². The minimum atomic E-state index is -0.707. The van der Waals surface area contributed by atoms with E-state index in [0.717, 1.165) is 64.6 Å². The van der Waals surface area contributed by atoms with Crippen molar-refractivity contribution in [2.24, 2.45) is 5.92 Å². The second kappa shape index (κ2) is 16.8. The number of imidazole rings is 2. The van der Waals surface area contributed by atoms with Crippen molar-refractivity contribution < 1.29 is 28.7 Å². The maximum absolute atomic E-state index is 13.8. The molecule has 0 spiro atoms. The quantitative estimate of drug-likeness (QED) is 0.145. The van der Waals surface area contributed by atoms with Gasteiger partial charge in [-0.15, -0.1) is 0 Å². The minimum absolute atomic E-state index is 0.119. The van der Waals surface area contributed by atoms with Gasteiger partial charge in [-0.2, -0.15) is 11.8 Å². The van der Waals surface area contributed by atoms with Crippen molar-refractivity contribution in [1.29, 1.82) is 0 Å². The molecule has 54 heavy (non-hydrogen) atoms. The molecule has 4 heterocycles. The molecule has 0 bridgehead atoms. The molecule has 4 aromatic rings. The van der Waals surface area contributed by atoms with Crippen LogP contribution in [0.15, 0.2) is 60.9 Å². The van der Waals surface area contributed by atoms with Gasteiger partial charge in [0.05, 0.1) is 50.1 Å². The van der Waals surface area contributed by atoms with Crippen LogP contribution in [0.5, 0.6) is 0 Å². The van der Waals surface area contributed by atoms with Crippen molar-refractivity contribution in [1.82, 2.24) is 40.4 Å². The van der Waals surface area contributed by atoms with Crippen molar-refractivity contribution in [3.63, 3.8) is 0 Å². The summed E-state index contributed by atoms with van der Waals surface area (Å²) in [5.41, 5.74) is 5.76. The van der Waals surface area contributed by atoms with Gasteiger partial charge < -0.3 is 39.9 Å². The number of thioether (sulfide) groups is 1. The molecule has 5 atom stereocenters. The smallest absolute Gasteiger partial charge is 0.407 e. The molecule has 15 heteroatoms. The van der Waals surface area contributed by atoms with Gasteiger partial charge in [0.25, 0.3) is 0 Å². The van der Waals surface area contributed by atoms with Gasteiger partial charge >= 0.3 is 12.2 Å². The lowest BCUT2D eigenvalue weighted by molar-refractivity contribution is -0.135. The van der Waals surface area contributed by atoms with E-state index in [0.29, 0.717) is 13.1 Å². The first-order valence-corrected chi connectivity index (χ1v) is 19.4. The largest absolute Gasteiger partial charge is 0.453 e. The van der Waals surface area contributed by atoms with Crippen LogP contribution in [-0.2, 0) is 19.1 Å². The molecule has 0 radical (unpaired) electrons. The fraction of sp³-hybridized carbons (Fsp3) is 0.436. The molecule has 0 saturated carbocycles. The number of alkyl carbamates (subject to hydrolysis) is 2. The SMILES string of the molecule is COC(=O)NC(C)C(=O)N1CCCC1c1ncc(-c2ccc(-c3ccc(-c4cnc(C5CC(SC)CN5C(=O)C(NC(=O)OC)C(C)C)[nH]4)cc3)cc2)[nH]1. The molecule has 2 aromatic heterocycles. The average molecular weight is 757 g/mol. The van der Waals surface area contributed by atoms with Gasteiger partial charge in [0.2, 0.25) is 11.8 Å². The van der Waals surface area contributed by atoms with E-state index in [4.69, 9.17) is 9.72 Å². The van der Waals surface area contributed by atoms with Crippen LogP contribution in [0, 0.1) is 5.92 Å².